The third kappa shape index (κ3) is 2.45. The lowest BCUT2D eigenvalue weighted by molar-refractivity contribution is -0.384. The van der Waals surface area contributed by atoms with Gasteiger partial charge in [0.2, 0.25) is 5.91 Å². The molecule has 0 aliphatic heterocycles. The van der Waals surface area contributed by atoms with Gasteiger partial charge in [-0.1, -0.05) is 0 Å². The van der Waals surface area contributed by atoms with Crippen LogP contribution in [0, 0.1) is 10.1 Å². The molecule has 7 heteroatoms. The van der Waals surface area contributed by atoms with Gasteiger partial charge < -0.3 is 9.64 Å². The summed E-state index contributed by atoms with van der Waals surface area (Å²) in [6.07, 6.45) is 0.462. The number of amides is 1. The molecule has 0 saturated carbocycles. The number of benzene rings is 1. The predicted molar refractivity (Wildman–Crippen MR) is 64.1 cm³/mol. The number of nitro benzene ring substituents is 1. The molecule has 0 radical (unpaired) electrons. The van der Waals surface area contributed by atoms with Gasteiger partial charge in [-0.3, -0.25) is 19.7 Å². The number of methoxy groups -OCH3 is 1. The third-order valence-corrected chi connectivity index (χ3v) is 2.48. The Morgan fingerprint density at radius 2 is 2.11 bits per heavy atom. The number of nitrogens with zero attached hydrogens (tertiary/aromatic N) is 2. The Bertz CT molecular complexity index is 512. The molecule has 96 valence electrons. The van der Waals surface area contributed by atoms with Gasteiger partial charge in [0.25, 0.3) is 5.69 Å². The van der Waals surface area contributed by atoms with E-state index in [1.807, 2.05) is 0 Å². The van der Waals surface area contributed by atoms with Gasteiger partial charge in [0, 0.05) is 26.1 Å². The van der Waals surface area contributed by atoms with Crippen molar-refractivity contribution in [2.45, 2.75) is 6.92 Å². The average molecular weight is 252 g/mol. The summed E-state index contributed by atoms with van der Waals surface area (Å²) < 4.78 is 4.95. The van der Waals surface area contributed by atoms with Crippen molar-refractivity contribution < 1.29 is 19.2 Å². The van der Waals surface area contributed by atoms with E-state index >= 15 is 0 Å². The molecule has 1 aromatic carbocycles. The van der Waals surface area contributed by atoms with E-state index in [1.165, 1.54) is 27.1 Å². The Balaban J connectivity index is 3.52. The van der Waals surface area contributed by atoms with E-state index in [2.05, 4.69) is 0 Å². The van der Waals surface area contributed by atoms with Gasteiger partial charge in [0.15, 0.2) is 6.29 Å². The summed E-state index contributed by atoms with van der Waals surface area (Å²) in [5.74, 6) is -0.183. The summed E-state index contributed by atoms with van der Waals surface area (Å²) in [6, 6.07) is 2.38. The van der Waals surface area contributed by atoms with Crippen molar-refractivity contribution in [2.24, 2.45) is 0 Å². The minimum Gasteiger partial charge on any atom is -0.496 e. The van der Waals surface area contributed by atoms with Crippen LogP contribution < -0.4 is 9.64 Å². The van der Waals surface area contributed by atoms with Crippen LogP contribution in [0.2, 0.25) is 0 Å². The van der Waals surface area contributed by atoms with E-state index in [4.69, 9.17) is 4.74 Å². The van der Waals surface area contributed by atoms with Crippen LogP contribution in [0.5, 0.6) is 5.75 Å². The van der Waals surface area contributed by atoms with Gasteiger partial charge >= 0.3 is 0 Å². The Kier molecular flexibility index (Phi) is 3.98. The molecular weight excluding hydrogens is 240 g/mol. The standard InChI is InChI=1S/C11H12N2O5/c1-7(15)12(2)9-5-11(18-3)8(6-14)4-10(9)13(16)17/h4-6H,1-3H3. The van der Waals surface area contributed by atoms with Crippen LogP contribution in [-0.2, 0) is 4.79 Å². The normalized spacial score (nSPS) is 9.72. The summed E-state index contributed by atoms with van der Waals surface area (Å²) in [4.78, 5) is 33.5. The highest BCUT2D eigenvalue weighted by Gasteiger charge is 2.23. The Labute approximate surface area is 103 Å². The topological polar surface area (TPSA) is 89.8 Å². The maximum absolute atomic E-state index is 11.3. The largest absolute Gasteiger partial charge is 0.496 e. The first kappa shape index (κ1) is 13.6. The van der Waals surface area contributed by atoms with Crippen molar-refractivity contribution in [3.8, 4) is 5.75 Å². The van der Waals surface area contributed by atoms with E-state index in [9.17, 15) is 19.7 Å². The second-order valence-corrected chi connectivity index (χ2v) is 3.54. The average Bonchev–Trinajstić information content (AvgIpc) is 2.35. The lowest BCUT2D eigenvalue weighted by Gasteiger charge is -2.16. The molecule has 1 amide bonds. The molecule has 0 saturated heterocycles. The quantitative estimate of drug-likeness (QED) is 0.459. The molecule has 0 N–H and O–H groups in total. The van der Waals surface area contributed by atoms with E-state index in [0.717, 1.165) is 11.0 Å². The number of aldehydes is 1. The zero-order valence-corrected chi connectivity index (χ0v) is 10.2. The molecule has 0 heterocycles. The SMILES string of the molecule is COc1cc(N(C)C(C)=O)c([N+](=O)[O-])cc1C=O. The van der Waals surface area contributed by atoms with Crippen molar-refractivity contribution in [2.75, 3.05) is 19.1 Å². The molecule has 0 bridgehead atoms. The summed E-state index contributed by atoms with van der Waals surface area (Å²) in [5, 5.41) is 10.9. The van der Waals surface area contributed by atoms with Crippen molar-refractivity contribution in [1.82, 2.24) is 0 Å². The smallest absolute Gasteiger partial charge is 0.293 e. The summed E-state index contributed by atoms with van der Waals surface area (Å²) >= 11 is 0. The van der Waals surface area contributed by atoms with E-state index in [-0.39, 0.29) is 28.6 Å². The fourth-order valence-electron chi connectivity index (χ4n) is 1.43. The molecular formula is C11H12N2O5. The van der Waals surface area contributed by atoms with Crippen LogP contribution in [0.15, 0.2) is 12.1 Å². The number of rotatable bonds is 4. The first-order chi connectivity index (χ1) is 8.42. The maximum atomic E-state index is 11.3. The number of carbonyl (C=O) groups is 2. The highest BCUT2D eigenvalue weighted by atomic mass is 16.6. The first-order valence-electron chi connectivity index (χ1n) is 4.98. The van der Waals surface area contributed by atoms with Crippen LogP contribution in [0.4, 0.5) is 11.4 Å². The lowest BCUT2D eigenvalue weighted by atomic mass is 10.1. The first-order valence-corrected chi connectivity index (χ1v) is 4.98. The number of carbonyl (C=O) groups excluding carboxylic acids is 2. The minimum atomic E-state index is -0.652. The van der Waals surface area contributed by atoms with Crippen LogP contribution >= 0.6 is 0 Å². The third-order valence-electron chi connectivity index (χ3n) is 2.48. The van der Waals surface area contributed by atoms with Gasteiger partial charge in [0.05, 0.1) is 17.6 Å². The van der Waals surface area contributed by atoms with Gasteiger partial charge in [-0.05, 0) is 0 Å². The summed E-state index contributed by atoms with van der Waals surface area (Å²) in [7, 11) is 2.75. The van der Waals surface area contributed by atoms with E-state index in [1.54, 1.807) is 0 Å². The van der Waals surface area contributed by atoms with Crippen molar-refractivity contribution in [1.29, 1.82) is 0 Å². The van der Waals surface area contributed by atoms with Gasteiger partial charge in [-0.2, -0.15) is 0 Å². The molecule has 0 atom stereocenters. The fraction of sp³-hybridized carbons (Fsp3) is 0.273. The monoisotopic (exact) mass is 252 g/mol. The van der Waals surface area contributed by atoms with Crippen LogP contribution in [-0.4, -0.2) is 31.3 Å². The number of nitro groups is 1. The maximum Gasteiger partial charge on any atom is 0.293 e. The summed E-state index contributed by atoms with van der Waals surface area (Å²) in [5.41, 5.74) is -0.185. The zero-order valence-electron chi connectivity index (χ0n) is 10.2. The highest BCUT2D eigenvalue weighted by Crippen LogP contribution is 2.34. The van der Waals surface area contributed by atoms with Crippen molar-refractivity contribution in [3.63, 3.8) is 0 Å². The molecule has 0 aliphatic rings. The molecule has 1 rings (SSSR count). The van der Waals surface area contributed by atoms with Gasteiger partial charge in [-0.15, -0.1) is 0 Å². The van der Waals surface area contributed by atoms with Crippen molar-refractivity contribution in [3.05, 3.63) is 27.8 Å². The van der Waals surface area contributed by atoms with Gasteiger partial charge in [-0.25, -0.2) is 0 Å². The van der Waals surface area contributed by atoms with Gasteiger partial charge in [0.1, 0.15) is 11.4 Å². The second-order valence-electron chi connectivity index (χ2n) is 3.54. The molecule has 0 spiro atoms. The molecule has 0 fully saturated rings. The molecule has 0 aliphatic carbocycles. The number of ether oxygens (including phenoxy) is 1. The lowest BCUT2D eigenvalue weighted by Crippen LogP contribution is -2.24. The zero-order chi connectivity index (χ0) is 13.9. The second kappa shape index (κ2) is 5.26. The molecule has 1 aromatic rings. The molecule has 0 unspecified atom stereocenters. The van der Waals surface area contributed by atoms with E-state index in [0.29, 0.717) is 6.29 Å². The Hall–Kier alpha value is -2.44. The van der Waals surface area contributed by atoms with Crippen molar-refractivity contribution >= 4 is 23.6 Å². The Morgan fingerprint density at radius 1 is 1.50 bits per heavy atom. The van der Waals surface area contributed by atoms with Crippen LogP contribution in [0.1, 0.15) is 17.3 Å². The van der Waals surface area contributed by atoms with Crippen LogP contribution in [0.25, 0.3) is 0 Å². The highest BCUT2D eigenvalue weighted by molar-refractivity contribution is 5.95. The number of anilines is 1. The number of hydrogen-bond acceptors (Lipinski definition) is 5. The Morgan fingerprint density at radius 3 is 2.50 bits per heavy atom. The molecule has 7 nitrogen and oxygen atoms in total. The van der Waals surface area contributed by atoms with Crippen LogP contribution in [0.3, 0.4) is 0 Å². The molecule has 18 heavy (non-hydrogen) atoms. The van der Waals surface area contributed by atoms with E-state index < -0.39 is 4.92 Å². The molecule has 0 aromatic heterocycles. The predicted octanol–water partition coefficient (Wildman–Crippen LogP) is 1.40. The summed E-state index contributed by atoms with van der Waals surface area (Å²) in [6.45, 7) is 1.28. The minimum absolute atomic E-state index is 0.0601. The fourth-order valence-corrected chi connectivity index (χ4v) is 1.43. The number of hydrogen-bond donors (Lipinski definition) is 0.